The van der Waals surface area contributed by atoms with Gasteiger partial charge in [-0.1, -0.05) is 11.6 Å². The van der Waals surface area contributed by atoms with E-state index >= 15 is 0 Å². The van der Waals surface area contributed by atoms with Crippen LogP contribution in [0.2, 0.25) is 5.02 Å². The molecule has 0 fully saturated rings. The number of hydrogen-bond acceptors (Lipinski definition) is 5. The number of fused-ring (bicyclic) bond motifs is 1. The lowest BCUT2D eigenvalue weighted by atomic mass is 10.0. The van der Waals surface area contributed by atoms with Crippen LogP contribution in [0.15, 0.2) is 52.4 Å². The minimum absolute atomic E-state index is 0.00510. The molecule has 0 unspecified atom stereocenters. The number of aromatic nitrogens is 4. The first-order valence-electron chi connectivity index (χ1n) is 11.4. The van der Waals surface area contributed by atoms with Gasteiger partial charge in [-0.15, -0.1) is 0 Å². The lowest BCUT2D eigenvalue weighted by Gasteiger charge is -2.21. The highest BCUT2D eigenvalue weighted by Crippen LogP contribution is 2.31. The Kier molecular flexibility index (Phi) is 5.93. The summed E-state index contributed by atoms with van der Waals surface area (Å²) in [5, 5.41) is 8.29. The fourth-order valence-corrected chi connectivity index (χ4v) is 6.06. The molecule has 1 aliphatic rings. The van der Waals surface area contributed by atoms with Gasteiger partial charge < -0.3 is 5.32 Å². The summed E-state index contributed by atoms with van der Waals surface area (Å²) in [7, 11) is -3.51. The van der Waals surface area contributed by atoms with E-state index in [9.17, 15) is 17.6 Å². The fraction of sp³-hybridized carbons (Fsp3) is 0.280. The van der Waals surface area contributed by atoms with Gasteiger partial charge in [0, 0.05) is 43.2 Å². The number of benzene rings is 2. The Hall–Kier alpha value is -3.21. The van der Waals surface area contributed by atoms with Crippen molar-refractivity contribution in [2.75, 3.05) is 12.8 Å². The average Bonchev–Trinajstić information content (AvgIpc) is 3.37. The molecule has 0 radical (unpaired) electrons. The molecule has 8 nitrogen and oxygen atoms in total. The number of imidazole rings is 1. The smallest absolute Gasteiger partial charge is 0.310 e. The standard InChI is InChI=1S/C25H25ClFN5O3S/c1-14-11-18(12-15(2)23(14)27)32-24(22-16(3)28-8-7-20(22)29-32)31-10-9-30(25(31)33)17-5-6-21(19(26)13-17)36(4,34)35/h5-6,9-13,16,28H,7-8H2,1-4H3/t16-/m0/s1. The highest BCUT2D eigenvalue weighted by molar-refractivity contribution is 7.90. The maximum Gasteiger partial charge on any atom is 0.338 e. The Morgan fingerprint density at radius 3 is 2.39 bits per heavy atom. The van der Waals surface area contributed by atoms with Gasteiger partial charge in [0.15, 0.2) is 9.84 Å². The normalized spacial score (nSPS) is 15.8. The van der Waals surface area contributed by atoms with Crippen LogP contribution in [0.5, 0.6) is 0 Å². The number of hydrogen-bond donors (Lipinski definition) is 1. The zero-order chi connectivity index (χ0) is 25.9. The van der Waals surface area contributed by atoms with Gasteiger partial charge in [0.05, 0.1) is 27.0 Å². The first kappa shape index (κ1) is 24.5. The van der Waals surface area contributed by atoms with Gasteiger partial charge in [0.2, 0.25) is 0 Å². The van der Waals surface area contributed by atoms with Gasteiger partial charge in [-0.05, 0) is 62.2 Å². The number of sulfone groups is 1. The fourth-order valence-electron chi connectivity index (χ4n) is 4.73. The minimum atomic E-state index is -3.51. The molecule has 4 aromatic rings. The van der Waals surface area contributed by atoms with Crippen molar-refractivity contribution >= 4 is 21.4 Å². The minimum Gasteiger partial charge on any atom is -0.310 e. The molecule has 1 N–H and O–H groups in total. The maximum atomic E-state index is 14.4. The maximum absolute atomic E-state index is 14.4. The molecule has 0 saturated carbocycles. The van der Waals surface area contributed by atoms with E-state index in [-0.39, 0.29) is 27.5 Å². The molecule has 0 spiro atoms. The number of nitrogens with one attached hydrogen (secondary N) is 1. The summed E-state index contributed by atoms with van der Waals surface area (Å²) in [4.78, 5) is 13.7. The highest BCUT2D eigenvalue weighted by atomic mass is 35.5. The molecule has 2 aromatic heterocycles. The second-order valence-corrected chi connectivity index (χ2v) is 11.5. The molecule has 2 aromatic carbocycles. The van der Waals surface area contributed by atoms with E-state index in [1.807, 2.05) is 6.92 Å². The Morgan fingerprint density at radius 2 is 1.75 bits per heavy atom. The third-order valence-electron chi connectivity index (χ3n) is 6.48. The molecule has 0 aliphatic carbocycles. The quantitative estimate of drug-likeness (QED) is 0.434. The molecule has 1 atom stereocenters. The highest BCUT2D eigenvalue weighted by Gasteiger charge is 2.29. The number of rotatable bonds is 4. The molecule has 36 heavy (non-hydrogen) atoms. The summed E-state index contributed by atoms with van der Waals surface area (Å²) >= 11 is 6.23. The second-order valence-electron chi connectivity index (χ2n) is 9.12. The van der Waals surface area contributed by atoms with Crippen LogP contribution in [0.25, 0.3) is 17.2 Å². The zero-order valence-corrected chi connectivity index (χ0v) is 21.8. The predicted molar refractivity (Wildman–Crippen MR) is 136 cm³/mol. The van der Waals surface area contributed by atoms with Gasteiger partial charge in [-0.3, -0.25) is 9.13 Å². The Labute approximate surface area is 212 Å². The average molecular weight is 530 g/mol. The van der Waals surface area contributed by atoms with Gasteiger partial charge in [-0.2, -0.15) is 5.10 Å². The van der Waals surface area contributed by atoms with Gasteiger partial charge in [0.1, 0.15) is 11.6 Å². The lowest BCUT2D eigenvalue weighted by Crippen LogP contribution is -2.30. The first-order chi connectivity index (χ1) is 17.0. The van der Waals surface area contributed by atoms with E-state index < -0.39 is 9.84 Å². The zero-order valence-electron chi connectivity index (χ0n) is 20.2. The molecule has 0 bridgehead atoms. The SMILES string of the molecule is Cc1cc(-n2nc3c(c2-n2ccn(-c4ccc(S(C)(=O)=O)c(Cl)c4)c2=O)[C@H](C)NCC3)cc(C)c1F. The molecule has 11 heteroatoms. The predicted octanol–water partition coefficient (Wildman–Crippen LogP) is 3.83. The Bertz CT molecular complexity index is 1660. The molecule has 188 valence electrons. The van der Waals surface area contributed by atoms with Crippen LogP contribution in [0, 0.1) is 19.7 Å². The number of halogens is 2. The number of aryl methyl sites for hydroxylation is 2. The van der Waals surface area contributed by atoms with Crippen molar-refractivity contribution < 1.29 is 12.8 Å². The number of nitrogens with zero attached hydrogens (tertiary/aromatic N) is 4. The molecule has 1 aliphatic heterocycles. The third kappa shape index (κ3) is 3.99. The summed E-state index contributed by atoms with van der Waals surface area (Å²) in [6.45, 7) is 6.17. The van der Waals surface area contributed by atoms with Crippen molar-refractivity contribution in [1.82, 2.24) is 24.2 Å². The molecule has 0 amide bonds. The van der Waals surface area contributed by atoms with Crippen molar-refractivity contribution in [2.24, 2.45) is 0 Å². The summed E-state index contributed by atoms with van der Waals surface area (Å²) in [6.07, 6.45) is 5.00. The van der Waals surface area contributed by atoms with E-state index in [4.69, 9.17) is 16.7 Å². The van der Waals surface area contributed by atoms with Crippen LogP contribution in [-0.2, 0) is 16.3 Å². The lowest BCUT2D eigenvalue weighted by molar-refractivity contribution is 0.536. The summed E-state index contributed by atoms with van der Waals surface area (Å²) < 4.78 is 42.9. The molecule has 3 heterocycles. The van der Waals surface area contributed by atoms with Crippen LogP contribution in [0.3, 0.4) is 0 Å². The van der Waals surface area contributed by atoms with Crippen LogP contribution in [0.1, 0.15) is 35.3 Å². The van der Waals surface area contributed by atoms with Crippen molar-refractivity contribution in [2.45, 2.75) is 38.1 Å². The molecule has 0 saturated heterocycles. The van der Waals surface area contributed by atoms with Crippen molar-refractivity contribution in [3.63, 3.8) is 0 Å². The van der Waals surface area contributed by atoms with Crippen LogP contribution in [-0.4, -0.2) is 40.1 Å². The topological polar surface area (TPSA) is 90.9 Å². The van der Waals surface area contributed by atoms with Crippen molar-refractivity contribution in [3.05, 3.63) is 86.4 Å². The first-order valence-corrected chi connectivity index (χ1v) is 13.7. The van der Waals surface area contributed by atoms with Crippen LogP contribution < -0.4 is 11.0 Å². The van der Waals surface area contributed by atoms with Gasteiger partial charge >= 0.3 is 5.69 Å². The summed E-state index contributed by atoms with van der Waals surface area (Å²) in [5.74, 6) is 0.294. The Morgan fingerprint density at radius 1 is 1.08 bits per heavy atom. The van der Waals surface area contributed by atoms with E-state index in [0.29, 0.717) is 34.7 Å². The van der Waals surface area contributed by atoms with E-state index in [1.54, 1.807) is 43.1 Å². The van der Waals surface area contributed by atoms with E-state index in [2.05, 4.69) is 5.32 Å². The van der Waals surface area contributed by atoms with E-state index in [1.165, 1.54) is 27.3 Å². The third-order valence-corrected chi connectivity index (χ3v) is 8.06. The summed E-state index contributed by atoms with van der Waals surface area (Å²) in [5.41, 5.74) is 3.44. The van der Waals surface area contributed by atoms with Crippen molar-refractivity contribution in [1.29, 1.82) is 0 Å². The monoisotopic (exact) mass is 529 g/mol. The van der Waals surface area contributed by atoms with E-state index in [0.717, 1.165) is 24.1 Å². The Balaban J connectivity index is 1.72. The van der Waals surface area contributed by atoms with Crippen LogP contribution >= 0.6 is 11.6 Å². The van der Waals surface area contributed by atoms with Gasteiger partial charge in [0.25, 0.3) is 0 Å². The molecular weight excluding hydrogens is 505 g/mol. The van der Waals surface area contributed by atoms with Gasteiger partial charge in [-0.25, -0.2) is 22.3 Å². The summed E-state index contributed by atoms with van der Waals surface area (Å²) in [6, 6.07) is 7.76. The molecular formula is C25H25ClFN5O3S. The second kappa shape index (κ2) is 8.72. The van der Waals surface area contributed by atoms with Crippen molar-refractivity contribution in [3.8, 4) is 17.2 Å². The van der Waals surface area contributed by atoms with Crippen LogP contribution in [0.4, 0.5) is 4.39 Å². The largest absolute Gasteiger partial charge is 0.338 e. The molecule has 5 rings (SSSR count).